The molecule has 0 spiro atoms. The van der Waals surface area contributed by atoms with Gasteiger partial charge in [-0.15, -0.1) is 0 Å². The fourth-order valence-electron chi connectivity index (χ4n) is 1.96. The molecule has 1 aromatic carbocycles. The first-order valence-electron chi connectivity index (χ1n) is 7.05. The monoisotopic (exact) mass is 260 g/mol. The molecule has 0 heterocycles. The van der Waals surface area contributed by atoms with E-state index >= 15 is 0 Å². The van der Waals surface area contributed by atoms with Crippen molar-refractivity contribution in [1.29, 1.82) is 5.26 Å². The van der Waals surface area contributed by atoms with Gasteiger partial charge in [-0.2, -0.15) is 5.26 Å². The second kappa shape index (κ2) is 8.55. The van der Waals surface area contributed by atoms with Crippen molar-refractivity contribution in [1.82, 2.24) is 4.90 Å². The highest BCUT2D eigenvalue weighted by Gasteiger charge is 2.16. The fourth-order valence-corrected chi connectivity index (χ4v) is 1.96. The summed E-state index contributed by atoms with van der Waals surface area (Å²) in [5.41, 5.74) is 1.01. The standard InChI is InChI=1S/C16H24N2O/c1-4-6-10-18(3)16(13-17)14-8-7-9-15(12-14)19-11-5-2/h7-9,12,16H,4-6,10-11H2,1-3H3. The number of unbranched alkanes of at least 4 members (excludes halogenated alkanes) is 1. The van der Waals surface area contributed by atoms with E-state index in [0.29, 0.717) is 6.61 Å². The second-order valence-electron chi connectivity index (χ2n) is 4.79. The first-order valence-corrected chi connectivity index (χ1v) is 7.05. The Morgan fingerprint density at radius 1 is 1.32 bits per heavy atom. The summed E-state index contributed by atoms with van der Waals surface area (Å²) in [7, 11) is 2.00. The van der Waals surface area contributed by atoms with Gasteiger partial charge in [0.15, 0.2) is 0 Å². The van der Waals surface area contributed by atoms with Crippen molar-refractivity contribution in [2.24, 2.45) is 0 Å². The highest BCUT2D eigenvalue weighted by atomic mass is 16.5. The van der Waals surface area contributed by atoms with E-state index in [1.807, 2.05) is 31.3 Å². The van der Waals surface area contributed by atoms with Crippen molar-refractivity contribution in [2.75, 3.05) is 20.2 Å². The van der Waals surface area contributed by atoms with Crippen LogP contribution >= 0.6 is 0 Å². The summed E-state index contributed by atoms with van der Waals surface area (Å²) in [6.07, 6.45) is 3.24. The lowest BCUT2D eigenvalue weighted by Gasteiger charge is -2.22. The summed E-state index contributed by atoms with van der Waals surface area (Å²) in [6.45, 7) is 5.90. The van der Waals surface area contributed by atoms with Crippen LogP contribution in [0.1, 0.15) is 44.7 Å². The molecule has 3 heteroatoms. The van der Waals surface area contributed by atoms with Gasteiger partial charge in [0.25, 0.3) is 0 Å². The Kier molecular flexibility index (Phi) is 6.99. The summed E-state index contributed by atoms with van der Waals surface area (Å²) < 4.78 is 5.62. The number of benzene rings is 1. The third-order valence-corrected chi connectivity index (χ3v) is 3.07. The summed E-state index contributed by atoms with van der Waals surface area (Å²) in [6, 6.07) is 10.1. The van der Waals surface area contributed by atoms with Crippen LogP contribution in [-0.2, 0) is 0 Å². The van der Waals surface area contributed by atoms with Crippen molar-refractivity contribution in [3.05, 3.63) is 29.8 Å². The molecule has 1 aromatic rings. The van der Waals surface area contributed by atoms with Gasteiger partial charge >= 0.3 is 0 Å². The van der Waals surface area contributed by atoms with Gasteiger partial charge in [0.1, 0.15) is 11.8 Å². The van der Waals surface area contributed by atoms with Crippen molar-refractivity contribution < 1.29 is 4.74 Å². The summed E-state index contributed by atoms with van der Waals surface area (Å²) in [5.74, 6) is 0.850. The van der Waals surface area contributed by atoms with Gasteiger partial charge in [-0.25, -0.2) is 0 Å². The van der Waals surface area contributed by atoms with Crippen LogP contribution in [0.4, 0.5) is 0 Å². The third-order valence-electron chi connectivity index (χ3n) is 3.07. The van der Waals surface area contributed by atoms with Crippen LogP contribution in [0, 0.1) is 11.3 Å². The van der Waals surface area contributed by atoms with Crippen molar-refractivity contribution in [3.8, 4) is 11.8 Å². The second-order valence-corrected chi connectivity index (χ2v) is 4.79. The van der Waals surface area contributed by atoms with Gasteiger partial charge in [0, 0.05) is 0 Å². The topological polar surface area (TPSA) is 36.3 Å². The first kappa shape index (κ1) is 15.5. The van der Waals surface area contributed by atoms with E-state index in [-0.39, 0.29) is 6.04 Å². The average molecular weight is 260 g/mol. The molecule has 0 aromatic heterocycles. The Bertz CT molecular complexity index is 411. The summed E-state index contributed by atoms with van der Waals surface area (Å²) in [5, 5.41) is 9.38. The number of hydrogen-bond acceptors (Lipinski definition) is 3. The SMILES string of the molecule is CCCCN(C)C(C#N)c1cccc(OCCC)c1. The molecule has 0 fully saturated rings. The van der Waals surface area contributed by atoms with Crippen LogP contribution in [-0.4, -0.2) is 25.1 Å². The zero-order valence-electron chi connectivity index (χ0n) is 12.2. The number of nitrogens with zero attached hydrogens (tertiary/aromatic N) is 2. The quantitative estimate of drug-likeness (QED) is 0.714. The Labute approximate surface area is 116 Å². The van der Waals surface area contributed by atoms with E-state index in [1.54, 1.807) is 0 Å². The predicted molar refractivity (Wildman–Crippen MR) is 78.1 cm³/mol. The molecular formula is C16H24N2O. The molecule has 0 saturated carbocycles. The minimum Gasteiger partial charge on any atom is -0.494 e. The van der Waals surface area contributed by atoms with Crippen LogP contribution < -0.4 is 4.74 Å². The minimum absolute atomic E-state index is 0.197. The molecule has 0 amide bonds. The first-order chi connectivity index (χ1) is 9.22. The third kappa shape index (κ3) is 4.92. The van der Waals surface area contributed by atoms with Crippen molar-refractivity contribution in [3.63, 3.8) is 0 Å². The fraction of sp³-hybridized carbons (Fsp3) is 0.562. The largest absolute Gasteiger partial charge is 0.494 e. The van der Waals surface area contributed by atoms with Gasteiger partial charge in [-0.1, -0.05) is 32.4 Å². The van der Waals surface area contributed by atoms with Crippen LogP contribution in [0.2, 0.25) is 0 Å². The molecule has 104 valence electrons. The maximum Gasteiger partial charge on any atom is 0.123 e. The van der Waals surface area contributed by atoms with Crippen LogP contribution in [0.5, 0.6) is 5.75 Å². The van der Waals surface area contributed by atoms with Gasteiger partial charge in [0.2, 0.25) is 0 Å². The minimum atomic E-state index is -0.197. The molecule has 0 aliphatic rings. The predicted octanol–water partition coefficient (Wildman–Crippen LogP) is 3.77. The van der Waals surface area contributed by atoms with Crippen molar-refractivity contribution in [2.45, 2.75) is 39.2 Å². The molecule has 0 radical (unpaired) electrons. The number of nitriles is 1. The van der Waals surface area contributed by atoms with Crippen LogP contribution in [0.25, 0.3) is 0 Å². The smallest absolute Gasteiger partial charge is 0.123 e. The van der Waals surface area contributed by atoms with Gasteiger partial charge in [0.05, 0.1) is 12.7 Å². The van der Waals surface area contributed by atoms with E-state index in [0.717, 1.165) is 37.1 Å². The number of ether oxygens (including phenoxy) is 1. The molecule has 1 rings (SSSR count). The molecule has 0 bridgehead atoms. The lowest BCUT2D eigenvalue weighted by Crippen LogP contribution is -2.24. The van der Waals surface area contributed by atoms with E-state index < -0.39 is 0 Å². The Morgan fingerprint density at radius 2 is 2.11 bits per heavy atom. The molecule has 1 unspecified atom stereocenters. The number of hydrogen-bond donors (Lipinski definition) is 0. The van der Waals surface area contributed by atoms with Crippen LogP contribution in [0.3, 0.4) is 0 Å². The average Bonchev–Trinajstić information content (AvgIpc) is 2.44. The van der Waals surface area contributed by atoms with Gasteiger partial charge in [-0.05, 0) is 44.1 Å². The normalized spacial score (nSPS) is 12.2. The zero-order valence-corrected chi connectivity index (χ0v) is 12.2. The molecule has 0 aliphatic heterocycles. The highest BCUT2D eigenvalue weighted by molar-refractivity contribution is 5.33. The summed E-state index contributed by atoms with van der Waals surface area (Å²) >= 11 is 0. The summed E-state index contributed by atoms with van der Waals surface area (Å²) in [4.78, 5) is 2.10. The zero-order chi connectivity index (χ0) is 14.1. The lowest BCUT2D eigenvalue weighted by molar-refractivity contribution is 0.284. The Hall–Kier alpha value is -1.53. The van der Waals surface area contributed by atoms with E-state index in [9.17, 15) is 5.26 Å². The van der Waals surface area contributed by atoms with E-state index in [1.165, 1.54) is 0 Å². The van der Waals surface area contributed by atoms with E-state index in [4.69, 9.17) is 4.74 Å². The van der Waals surface area contributed by atoms with Gasteiger partial charge < -0.3 is 4.74 Å². The molecule has 3 nitrogen and oxygen atoms in total. The Balaban J connectivity index is 2.77. The molecule has 0 N–H and O–H groups in total. The molecule has 1 atom stereocenters. The van der Waals surface area contributed by atoms with Crippen molar-refractivity contribution >= 4 is 0 Å². The molecule has 0 saturated heterocycles. The van der Waals surface area contributed by atoms with E-state index in [2.05, 4.69) is 24.8 Å². The molecule has 19 heavy (non-hydrogen) atoms. The maximum absolute atomic E-state index is 9.38. The van der Waals surface area contributed by atoms with Crippen LogP contribution in [0.15, 0.2) is 24.3 Å². The highest BCUT2D eigenvalue weighted by Crippen LogP contribution is 2.23. The lowest BCUT2D eigenvalue weighted by atomic mass is 10.1. The Morgan fingerprint density at radius 3 is 2.74 bits per heavy atom. The number of rotatable bonds is 8. The molecule has 0 aliphatic carbocycles. The molecular weight excluding hydrogens is 236 g/mol. The van der Waals surface area contributed by atoms with Gasteiger partial charge in [-0.3, -0.25) is 4.90 Å². The maximum atomic E-state index is 9.38.